The van der Waals surface area contributed by atoms with Gasteiger partial charge in [-0.15, -0.1) is 0 Å². The first-order valence-electron chi connectivity index (χ1n) is 6.44. The van der Waals surface area contributed by atoms with E-state index in [4.69, 9.17) is 10.5 Å². The lowest BCUT2D eigenvalue weighted by Gasteiger charge is -2.09. The molecular formula is C16H13N3O2. The SMILES string of the molecule is NC(=O)c1cc(OCc2ccccc2)cc2cncnc12. The van der Waals surface area contributed by atoms with E-state index < -0.39 is 5.91 Å². The fourth-order valence-corrected chi connectivity index (χ4v) is 2.09. The van der Waals surface area contributed by atoms with Gasteiger partial charge in [0.15, 0.2) is 0 Å². The van der Waals surface area contributed by atoms with Crippen LogP contribution in [-0.2, 0) is 6.61 Å². The number of hydrogen-bond acceptors (Lipinski definition) is 4. The minimum Gasteiger partial charge on any atom is -0.489 e. The van der Waals surface area contributed by atoms with Crippen molar-refractivity contribution in [2.45, 2.75) is 6.61 Å². The van der Waals surface area contributed by atoms with Crippen molar-refractivity contribution in [1.29, 1.82) is 0 Å². The van der Waals surface area contributed by atoms with Crippen molar-refractivity contribution < 1.29 is 9.53 Å². The third kappa shape index (κ3) is 2.81. The fourth-order valence-electron chi connectivity index (χ4n) is 2.09. The van der Waals surface area contributed by atoms with E-state index in [0.29, 0.717) is 23.4 Å². The minimum absolute atomic E-state index is 0.331. The lowest BCUT2D eigenvalue weighted by atomic mass is 10.1. The number of carbonyl (C=O) groups is 1. The third-order valence-electron chi connectivity index (χ3n) is 3.09. The van der Waals surface area contributed by atoms with Crippen molar-refractivity contribution >= 4 is 16.8 Å². The number of carbonyl (C=O) groups excluding carboxylic acids is 1. The van der Waals surface area contributed by atoms with E-state index in [1.165, 1.54) is 6.33 Å². The highest BCUT2D eigenvalue weighted by Gasteiger charge is 2.11. The van der Waals surface area contributed by atoms with Crippen molar-refractivity contribution in [3.63, 3.8) is 0 Å². The summed E-state index contributed by atoms with van der Waals surface area (Å²) >= 11 is 0. The Hall–Kier alpha value is -2.95. The number of hydrogen-bond donors (Lipinski definition) is 1. The Morgan fingerprint density at radius 3 is 2.76 bits per heavy atom. The van der Waals surface area contributed by atoms with Crippen molar-refractivity contribution in [1.82, 2.24) is 9.97 Å². The molecule has 1 aromatic heterocycles. The van der Waals surface area contributed by atoms with Crippen molar-refractivity contribution in [3.8, 4) is 5.75 Å². The molecule has 104 valence electrons. The van der Waals surface area contributed by atoms with Gasteiger partial charge >= 0.3 is 0 Å². The van der Waals surface area contributed by atoms with E-state index in [0.717, 1.165) is 10.9 Å². The van der Waals surface area contributed by atoms with Crippen LogP contribution in [-0.4, -0.2) is 15.9 Å². The highest BCUT2D eigenvalue weighted by atomic mass is 16.5. The number of aromatic nitrogens is 2. The molecule has 0 fully saturated rings. The molecule has 0 saturated heterocycles. The zero-order valence-corrected chi connectivity index (χ0v) is 11.2. The van der Waals surface area contributed by atoms with Gasteiger partial charge in [-0.05, 0) is 17.7 Å². The number of nitrogens with two attached hydrogens (primary N) is 1. The van der Waals surface area contributed by atoms with E-state index >= 15 is 0 Å². The monoisotopic (exact) mass is 279 g/mol. The molecule has 0 saturated carbocycles. The van der Waals surface area contributed by atoms with Crippen LogP contribution in [0.2, 0.25) is 0 Å². The van der Waals surface area contributed by atoms with Crippen LogP contribution >= 0.6 is 0 Å². The maximum Gasteiger partial charge on any atom is 0.251 e. The fraction of sp³-hybridized carbons (Fsp3) is 0.0625. The highest BCUT2D eigenvalue weighted by molar-refractivity contribution is 6.05. The standard InChI is InChI=1S/C16H13N3O2/c17-16(20)14-7-13(6-12-8-18-10-19-15(12)14)21-9-11-4-2-1-3-5-11/h1-8,10H,9H2,(H2,17,20). The molecule has 0 aliphatic carbocycles. The molecule has 1 amide bonds. The number of fused-ring (bicyclic) bond motifs is 1. The van der Waals surface area contributed by atoms with Crippen LogP contribution in [0.4, 0.5) is 0 Å². The molecular weight excluding hydrogens is 266 g/mol. The smallest absolute Gasteiger partial charge is 0.251 e. The van der Waals surface area contributed by atoms with Gasteiger partial charge in [-0.25, -0.2) is 9.97 Å². The molecule has 3 aromatic rings. The van der Waals surface area contributed by atoms with Gasteiger partial charge in [-0.1, -0.05) is 30.3 Å². The quantitative estimate of drug-likeness (QED) is 0.795. The largest absolute Gasteiger partial charge is 0.489 e. The van der Waals surface area contributed by atoms with Gasteiger partial charge in [0.2, 0.25) is 0 Å². The molecule has 1 heterocycles. The van der Waals surface area contributed by atoms with E-state index in [2.05, 4.69) is 9.97 Å². The third-order valence-corrected chi connectivity index (χ3v) is 3.09. The molecule has 0 unspecified atom stereocenters. The van der Waals surface area contributed by atoms with Gasteiger partial charge < -0.3 is 10.5 Å². The summed E-state index contributed by atoms with van der Waals surface area (Å²) in [5.74, 6) is 0.0267. The van der Waals surface area contributed by atoms with E-state index in [9.17, 15) is 4.79 Å². The summed E-state index contributed by atoms with van der Waals surface area (Å²) in [6.07, 6.45) is 3.02. The molecule has 2 aromatic carbocycles. The summed E-state index contributed by atoms with van der Waals surface area (Å²) in [4.78, 5) is 19.6. The maximum atomic E-state index is 11.5. The number of ether oxygens (including phenoxy) is 1. The normalized spacial score (nSPS) is 10.5. The summed E-state index contributed by atoms with van der Waals surface area (Å²) in [7, 11) is 0. The molecule has 3 rings (SSSR count). The van der Waals surface area contributed by atoms with Gasteiger partial charge in [0.25, 0.3) is 5.91 Å². The first-order chi connectivity index (χ1) is 10.2. The summed E-state index contributed by atoms with van der Waals surface area (Å²) < 4.78 is 5.73. The Morgan fingerprint density at radius 1 is 1.19 bits per heavy atom. The van der Waals surface area contributed by atoms with E-state index in [1.807, 2.05) is 30.3 Å². The number of nitrogens with zero attached hydrogens (tertiary/aromatic N) is 2. The number of primary amides is 1. The number of benzene rings is 2. The lowest BCUT2D eigenvalue weighted by molar-refractivity contribution is 0.100. The van der Waals surface area contributed by atoms with Crippen LogP contribution in [0.1, 0.15) is 15.9 Å². The molecule has 5 nitrogen and oxygen atoms in total. The first-order valence-corrected chi connectivity index (χ1v) is 6.44. The van der Waals surface area contributed by atoms with Crippen LogP contribution in [0.3, 0.4) is 0 Å². The topological polar surface area (TPSA) is 78.1 Å². The first kappa shape index (κ1) is 13.1. The Kier molecular flexibility index (Phi) is 3.47. The number of rotatable bonds is 4. The van der Waals surface area contributed by atoms with E-state index in [1.54, 1.807) is 18.3 Å². The van der Waals surface area contributed by atoms with Crippen LogP contribution in [0.5, 0.6) is 5.75 Å². The van der Waals surface area contributed by atoms with Crippen LogP contribution < -0.4 is 10.5 Å². The predicted molar refractivity (Wildman–Crippen MR) is 78.8 cm³/mol. The van der Waals surface area contributed by atoms with Crippen LogP contribution in [0.25, 0.3) is 10.9 Å². The summed E-state index contributed by atoms with van der Waals surface area (Å²) in [5, 5.41) is 0.719. The van der Waals surface area contributed by atoms with Crippen molar-refractivity contribution in [3.05, 3.63) is 66.1 Å². The molecule has 5 heteroatoms. The Balaban J connectivity index is 1.94. The van der Waals surface area contributed by atoms with Crippen LogP contribution in [0, 0.1) is 0 Å². The molecule has 21 heavy (non-hydrogen) atoms. The summed E-state index contributed by atoms with van der Waals surface area (Å²) in [5.41, 5.74) is 7.31. The average Bonchev–Trinajstić information content (AvgIpc) is 2.53. The second kappa shape index (κ2) is 5.58. The van der Waals surface area contributed by atoms with Gasteiger partial charge in [-0.2, -0.15) is 0 Å². The summed E-state index contributed by atoms with van der Waals surface area (Å²) in [6, 6.07) is 13.2. The molecule has 0 aliphatic rings. The Morgan fingerprint density at radius 2 is 2.00 bits per heavy atom. The minimum atomic E-state index is -0.538. The second-order valence-corrected chi connectivity index (χ2v) is 4.57. The Labute approximate surface area is 121 Å². The molecule has 0 radical (unpaired) electrons. The van der Waals surface area contributed by atoms with Crippen LogP contribution in [0.15, 0.2) is 55.0 Å². The zero-order valence-electron chi connectivity index (χ0n) is 11.2. The average molecular weight is 279 g/mol. The predicted octanol–water partition coefficient (Wildman–Crippen LogP) is 2.31. The van der Waals surface area contributed by atoms with Gasteiger partial charge in [0.1, 0.15) is 18.7 Å². The lowest BCUT2D eigenvalue weighted by Crippen LogP contribution is -2.12. The van der Waals surface area contributed by atoms with Gasteiger partial charge in [0.05, 0.1) is 11.1 Å². The van der Waals surface area contributed by atoms with Gasteiger partial charge in [-0.3, -0.25) is 4.79 Å². The molecule has 0 bridgehead atoms. The number of amides is 1. The van der Waals surface area contributed by atoms with Gasteiger partial charge in [0, 0.05) is 11.6 Å². The molecule has 0 spiro atoms. The maximum absolute atomic E-state index is 11.5. The van der Waals surface area contributed by atoms with Crippen molar-refractivity contribution in [2.75, 3.05) is 0 Å². The van der Waals surface area contributed by atoms with Crippen molar-refractivity contribution in [2.24, 2.45) is 5.73 Å². The summed E-state index contributed by atoms with van der Waals surface area (Å²) in [6.45, 7) is 0.415. The Bertz CT molecular complexity index is 788. The highest BCUT2D eigenvalue weighted by Crippen LogP contribution is 2.23. The zero-order chi connectivity index (χ0) is 14.7. The molecule has 0 aliphatic heterocycles. The van der Waals surface area contributed by atoms with E-state index in [-0.39, 0.29) is 0 Å². The molecule has 0 atom stereocenters. The second-order valence-electron chi connectivity index (χ2n) is 4.57. The molecule has 2 N–H and O–H groups in total.